The first-order valence-electron chi connectivity index (χ1n) is 7.07. The molecule has 1 amide bonds. The molecule has 0 aliphatic rings. The van der Waals surface area contributed by atoms with Gasteiger partial charge in [-0.1, -0.05) is 57.9 Å². The lowest BCUT2D eigenvalue weighted by atomic mass is 10.1. The molecule has 0 aliphatic heterocycles. The van der Waals surface area contributed by atoms with Gasteiger partial charge in [0.05, 0.1) is 5.02 Å². The van der Waals surface area contributed by atoms with Crippen LogP contribution in [0, 0.1) is 0 Å². The second kappa shape index (κ2) is 9.33. The molecule has 0 spiro atoms. The van der Waals surface area contributed by atoms with Gasteiger partial charge in [-0.2, -0.15) is 5.10 Å². The minimum atomic E-state index is -0.333. The number of ether oxygens (including phenoxy) is 1. The zero-order valence-electron chi connectivity index (χ0n) is 12.3. The second-order valence-corrected chi connectivity index (χ2v) is 6.06. The highest BCUT2D eigenvalue weighted by Gasteiger charge is 2.05. The summed E-state index contributed by atoms with van der Waals surface area (Å²) in [5.41, 5.74) is 3.66. The molecule has 6 heteroatoms. The molecule has 0 saturated carbocycles. The van der Waals surface area contributed by atoms with Crippen molar-refractivity contribution in [1.82, 2.24) is 5.43 Å². The molecule has 2 aromatic rings. The topological polar surface area (TPSA) is 50.7 Å². The van der Waals surface area contributed by atoms with E-state index >= 15 is 0 Å². The molecule has 23 heavy (non-hydrogen) atoms. The quantitative estimate of drug-likeness (QED) is 0.564. The van der Waals surface area contributed by atoms with Crippen LogP contribution in [0.15, 0.2) is 58.1 Å². The number of hydrogen-bond acceptors (Lipinski definition) is 3. The number of nitrogens with zero attached hydrogens (tertiary/aromatic N) is 1. The molecule has 120 valence electrons. The summed E-state index contributed by atoms with van der Waals surface area (Å²) in [6.07, 6.45) is 3.31. The van der Waals surface area contributed by atoms with Crippen molar-refractivity contribution < 1.29 is 9.53 Å². The molecular weight excluding hydrogens is 380 g/mol. The van der Waals surface area contributed by atoms with Crippen molar-refractivity contribution in [1.29, 1.82) is 0 Å². The Bertz CT molecular complexity index is 678. The molecule has 0 unspecified atom stereocenters. The van der Waals surface area contributed by atoms with E-state index in [0.717, 1.165) is 17.3 Å². The number of rotatable bonds is 7. The number of amides is 1. The van der Waals surface area contributed by atoms with Crippen LogP contribution in [0.3, 0.4) is 0 Å². The van der Waals surface area contributed by atoms with Crippen LogP contribution in [0.1, 0.15) is 12.0 Å². The van der Waals surface area contributed by atoms with Crippen LogP contribution in [-0.4, -0.2) is 18.7 Å². The van der Waals surface area contributed by atoms with Gasteiger partial charge in [-0.15, -0.1) is 0 Å². The molecule has 0 bridgehead atoms. The molecule has 4 nitrogen and oxygen atoms in total. The normalized spacial score (nSPS) is 10.7. The first kappa shape index (κ1) is 17.5. The van der Waals surface area contributed by atoms with Gasteiger partial charge < -0.3 is 4.74 Å². The zero-order valence-corrected chi connectivity index (χ0v) is 14.7. The van der Waals surface area contributed by atoms with E-state index in [1.165, 1.54) is 5.56 Å². The van der Waals surface area contributed by atoms with Gasteiger partial charge in [-0.3, -0.25) is 4.79 Å². The maximum absolute atomic E-state index is 11.6. The Kier molecular flexibility index (Phi) is 7.10. The van der Waals surface area contributed by atoms with Crippen molar-refractivity contribution >= 4 is 39.7 Å². The monoisotopic (exact) mass is 394 g/mol. The number of carbonyl (C=O) groups excluding carboxylic acids is 1. The van der Waals surface area contributed by atoms with Crippen LogP contribution in [0.4, 0.5) is 0 Å². The standard InChI is InChI=1S/C17H16BrClN2O2/c18-14-8-9-16(15(19)11-14)23-12-17(22)21-20-10-4-7-13-5-2-1-3-6-13/h1-3,5-6,8-11H,4,7,12H2,(H,21,22)/b20-10+. The van der Waals surface area contributed by atoms with Gasteiger partial charge in [-0.05, 0) is 36.6 Å². The summed E-state index contributed by atoms with van der Waals surface area (Å²) in [5.74, 6) is 0.123. The third kappa shape index (κ3) is 6.42. The fourth-order valence-electron chi connectivity index (χ4n) is 1.83. The Morgan fingerprint density at radius 1 is 1.26 bits per heavy atom. The lowest BCUT2D eigenvalue weighted by Crippen LogP contribution is -2.24. The van der Waals surface area contributed by atoms with Gasteiger partial charge in [0.15, 0.2) is 6.61 Å². The SMILES string of the molecule is O=C(COc1ccc(Br)cc1Cl)N/N=C/CCc1ccccc1. The van der Waals surface area contributed by atoms with Gasteiger partial charge in [0.25, 0.3) is 5.91 Å². The zero-order chi connectivity index (χ0) is 16.5. The largest absolute Gasteiger partial charge is 0.482 e. The number of hydrazone groups is 1. The molecule has 2 aromatic carbocycles. The minimum absolute atomic E-state index is 0.141. The highest BCUT2D eigenvalue weighted by molar-refractivity contribution is 9.10. The third-order valence-electron chi connectivity index (χ3n) is 2.94. The first-order valence-corrected chi connectivity index (χ1v) is 8.24. The summed E-state index contributed by atoms with van der Waals surface area (Å²) < 4.78 is 6.19. The van der Waals surface area contributed by atoms with Crippen molar-refractivity contribution in [3.05, 3.63) is 63.6 Å². The highest BCUT2D eigenvalue weighted by atomic mass is 79.9. The van der Waals surface area contributed by atoms with Gasteiger partial charge >= 0.3 is 0 Å². The molecule has 0 aromatic heterocycles. The van der Waals surface area contributed by atoms with Crippen LogP contribution >= 0.6 is 27.5 Å². The molecule has 0 aliphatic carbocycles. The Morgan fingerprint density at radius 2 is 2.04 bits per heavy atom. The molecule has 0 fully saturated rings. The molecule has 2 rings (SSSR count). The number of nitrogens with one attached hydrogen (secondary N) is 1. The summed E-state index contributed by atoms with van der Waals surface area (Å²) in [4.78, 5) is 11.6. The van der Waals surface area contributed by atoms with Crippen LogP contribution < -0.4 is 10.2 Å². The fourth-order valence-corrected chi connectivity index (χ4v) is 2.55. The molecule has 0 atom stereocenters. The summed E-state index contributed by atoms with van der Waals surface area (Å²) in [6.45, 7) is -0.141. The first-order chi connectivity index (χ1) is 11.1. The number of carbonyl (C=O) groups is 1. The Balaban J connectivity index is 1.67. The van der Waals surface area contributed by atoms with Crippen molar-refractivity contribution in [2.45, 2.75) is 12.8 Å². The Hall–Kier alpha value is -1.85. The van der Waals surface area contributed by atoms with Gasteiger partial charge in [0.2, 0.25) is 0 Å². The van der Waals surface area contributed by atoms with Crippen molar-refractivity contribution in [3.63, 3.8) is 0 Å². The number of benzene rings is 2. The predicted molar refractivity (Wildman–Crippen MR) is 96.0 cm³/mol. The van der Waals surface area contributed by atoms with E-state index in [4.69, 9.17) is 16.3 Å². The lowest BCUT2D eigenvalue weighted by molar-refractivity contribution is -0.123. The molecule has 0 radical (unpaired) electrons. The van der Waals surface area contributed by atoms with Gasteiger partial charge in [0, 0.05) is 10.7 Å². The minimum Gasteiger partial charge on any atom is -0.482 e. The van der Waals surface area contributed by atoms with Crippen LogP contribution in [0.5, 0.6) is 5.75 Å². The summed E-state index contributed by atoms with van der Waals surface area (Å²) in [7, 11) is 0. The number of hydrogen-bond donors (Lipinski definition) is 1. The van der Waals surface area contributed by atoms with E-state index in [9.17, 15) is 4.79 Å². The predicted octanol–water partition coefficient (Wildman–Crippen LogP) is 4.22. The molecule has 1 N–H and O–H groups in total. The summed E-state index contributed by atoms with van der Waals surface area (Å²) in [6, 6.07) is 15.3. The van der Waals surface area contributed by atoms with Crippen molar-refractivity contribution in [2.24, 2.45) is 5.10 Å². The van der Waals surface area contributed by atoms with Crippen LogP contribution in [-0.2, 0) is 11.2 Å². The Morgan fingerprint density at radius 3 is 2.78 bits per heavy atom. The smallest absolute Gasteiger partial charge is 0.277 e. The second-order valence-electron chi connectivity index (χ2n) is 4.73. The van der Waals surface area contributed by atoms with E-state index in [1.54, 1.807) is 24.4 Å². The van der Waals surface area contributed by atoms with Gasteiger partial charge in [-0.25, -0.2) is 5.43 Å². The summed E-state index contributed by atoms with van der Waals surface area (Å²) >= 11 is 9.30. The van der Waals surface area contributed by atoms with Crippen molar-refractivity contribution in [2.75, 3.05) is 6.61 Å². The highest BCUT2D eigenvalue weighted by Crippen LogP contribution is 2.27. The number of aryl methyl sites for hydroxylation is 1. The molecule has 0 heterocycles. The van der Waals surface area contributed by atoms with Crippen molar-refractivity contribution in [3.8, 4) is 5.75 Å². The van der Waals surface area contributed by atoms with E-state index in [0.29, 0.717) is 10.8 Å². The Labute approximate surface area is 148 Å². The fraction of sp³-hybridized carbons (Fsp3) is 0.176. The summed E-state index contributed by atoms with van der Waals surface area (Å²) in [5, 5.41) is 4.33. The molecule has 0 saturated heterocycles. The maximum atomic E-state index is 11.6. The van der Waals surface area contributed by atoms with E-state index < -0.39 is 0 Å². The average Bonchev–Trinajstić information content (AvgIpc) is 2.54. The van der Waals surface area contributed by atoms with E-state index in [-0.39, 0.29) is 12.5 Å². The average molecular weight is 396 g/mol. The van der Waals surface area contributed by atoms with Crippen LogP contribution in [0.25, 0.3) is 0 Å². The number of halogens is 2. The van der Waals surface area contributed by atoms with E-state index in [2.05, 4.69) is 38.6 Å². The van der Waals surface area contributed by atoms with E-state index in [1.807, 2.05) is 18.2 Å². The van der Waals surface area contributed by atoms with Crippen LogP contribution in [0.2, 0.25) is 5.02 Å². The lowest BCUT2D eigenvalue weighted by Gasteiger charge is -2.07. The van der Waals surface area contributed by atoms with Gasteiger partial charge in [0.1, 0.15) is 5.75 Å². The third-order valence-corrected chi connectivity index (χ3v) is 3.73. The molecular formula is C17H16BrClN2O2. The maximum Gasteiger partial charge on any atom is 0.277 e.